The van der Waals surface area contributed by atoms with E-state index in [4.69, 9.17) is 20.2 Å². The highest BCUT2D eigenvalue weighted by Gasteiger charge is 2.45. The molecule has 210 valence electrons. The van der Waals surface area contributed by atoms with Gasteiger partial charge in [-0.25, -0.2) is 9.37 Å². The van der Waals surface area contributed by atoms with E-state index in [1.165, 1.54) is 12.1 Å². The van der Waals surface area contributed by atoms with E-state index in [0.717, 1.165) is 18.2 Å². The van der Waals surface area contributed by atoms with Crippen molar-refractivity contribution in [3.63, 3.8) is 0 Å². The number of pyridine rings is 2. The third-order valence-electron chi connectivity index (χ3n) is 7.93. The first kappa shape index (κ1) is 26.8. The van der Waals surface area contributed by atoms with E-state index in [1.54, 1.807) is 50.4 Å². The lowest BCUT2D eigenvalue weighted by Crippen LogP contribution is -2.40. The minimum atomic E-state index is -1.55. The molecule has 2 atom stereocenters. The summed E-state index contributed by atoms with van der Waals surface area (Å²) in [5.74, 6) is -0.215. The van der Waals surface area contributed by atoms with Crippen LogP contribution in [0, 0.1) is 5.82 Å². The van der Waals surface area contributed by atoms with Gasteiger partial charge in [-0.3, -0.25) is 14.6 Å². The summed E-state index contributed by atoms with van der Waals surface area (Å²) in [5.41, 5.74) is 5.89. The number of aromatic nitrogens is 2. The molecule has 0 spiro atoms. The molecule has 9 heteroatoms. The summed E-state index contributed by atoms with van der Waals surface area (Å²) in [6.45, 7) is 3.26. The van der Waals surface area contributed by atoms with Crippen LogP contribution in [0.15, 0.2) is 60.8 Å². The summed E-state index contributed by atoms with van der Waals surface area (Å²) in [6.07, 6.45) is 3.86. The van der Waals surface area contributed by atoms with Crippen LogP contribution in [-0.2, 0) is 15.8 Å². The van der Waals surface area contributed by atoms with Crippen LogP contribution in [0.4, 0.5) is 4.39 Å². The molecular formula is C32H30FN3O5. The Hall–Kier alpha value is -4.37. The average Bonchev–Trinajstić information content (AvgIpc) is 3.71. The molecule has 0 unspecified atom stereocenters. The van der Waals surface area contributed by atoms with Gasteiger partial charge >= 0.3 is 0 Å². The number of primary amides is 1. The molecule has 1 aliphatic carbocycles. The third-order valence-corrected chi connectivity index (χ3v) is 7.93. The maximum Gasteiger partial charge on any atom is 0.231 e. The Morgan fingerprint density at radius 2 is 1.95 bits per heavy atom. The number of hydrogen-bond acceptors (Lipinski definition) is 7. The lowest BCUT2D eigenvalue weighted by atomic mass is 9.81. The number of halogens is 1. The largest absolute Gasteiger partial charge is 0.489 e. The zero-order chi connectivity index (χ0) is 28.9. The smallest absolute Gasteiger partial charge is 0.231 e. The molecule has 4 aromatic rings. The predicted molar refractivity (Wildman–Crippen MR) is 150 cm³/mol. The van der Waals surface area contributed by atoms with E-state index in [2.05, 4.69) is 4.98 Å². The number of ether oxygens (including phenoxy) is 2. The number of Topliss-reactive ketones (excluding diaryl/α,β-unsaturated/α-hetero) is 1. The van der Waals surface area contributed by atoms with Gasteiger partial charge in [0.25, 0.3) is 0 Å². The van der Waals surface area contributed by atoms with Crippen LogP contribution in [0.25, 0.3) is 22.2 Å². The number of amides is 1. The number of carbonyl (C=O) groups excluding carboxylic acids is 2. The first-order valence-corrected chi connectivity index (χ1v) is 13.6. The van der Waals surface area contributed by atoms with Gasteiger partial charge in [-0.15, -0.1) is 0 Å². The van der Waals surface area contributed by atoms with Crippen molar-refractivity contribution in [1.29, 1.82) is 0 Å². The fraction of sp³-hybridized carbons (Fsp3) is 0.312. The molecule has 2 aliphatic rings. The Bertz CT molecular complexity index is 1680. The Balaban J connectivity index is 1.32. The molecule has 3 heterocycles. The Morgan fingerprint density at radius 3 is 2.66 bits per heavy atom. The van der Waals surface area contributed by atoms with Gasteiger partial charge in [0.05, 0.1) is 11.8 Å². The van der Waals surface area contributed by atoms with Crippen molar-refractivity contribution < 1.29 is 28.6 Å². The highest BCUT2D eigenvalue weighted by molar-refractivity contribution is 6.01. The van der Waals surface area contributed by atoms with E-state index in [0.29, 0.717) is 39.4 Å². The molecule has 1 saturated carbocycles. The molecular weight excluding hydrogens is 525 g/mol. The number of rotatable bonds is 9. The second-order valence-electron chi connectivity index (χ2n) is 11.3. The number of nitrogens with zero attached hydrogens (tertiary/aromatic N) is 2. The minimum Gasteiger partial charge on any atom is -0.489 e. The van der Waals surface area contributed by atoms with E-state index < -0.39 is 22.7 Å². The van der Waals surface area contributed by atoms with E-state index in [1.807, 2.05) is 12.1 Å². The summed E-state index contributed by atoms with van der Waals surface area (Å²) < 4.78 is 25.6. The third kappa shape index (κ3) is 5.02. The Kier molecular flexibility index (Phi) is 6.49. The van der Waals surface area contributed by atoms with Gasteiger partial charge in [-0.05, 0) is 81.6 Å². The number of hydrogen-bond donors (Lipinski definition) is 2. The Labute approximate surface area is 236 Å². The van der Waals surface area contributed by atoms with Crippen molar-refractivity contribution in [2.24, 2.45) is 5.73 Å². The Morgan fingerprint density at radius 1 is 1.20 bits per heavy atom. The van der Waals surface area contributed by atoms with Crippen molar-refractivity contribution in [1.82, 2.24) is 9.97 Å². The first-order valence-electron chi connectivity index (χ1n) is 13.6. The number of nitrogens with two attached hydrogens (primary N) is 1. The maximum atomic E-state index is 13.7. The summed E-state index contributed by atoms with van der Waals surface area (Å²) in [4.78, 5) is 35.0. The molecule has 0 saturated heterocycles. The number of aliphatic hydroxyl groups is 1. The van der Waals surface area contributed by atoms with Crippen molar-refractivity contribution in [3.8, 4) is 22.8 Å². The summed E-state index contributed by atoms with van der Waals surface area (Å²) in [5, 5.41) is 12.4. The van der Waals surface area contributed by atoms with Crippen LogP contribution in [0.5, 0.6) is 11.5 Å². The van der Waals surface area contributed by atoms with E-state index >= 15 is 0 Å². The van der Waals surface area contributed by atoms with Crippen LogP contribution in [0.2, 0.25) is 0 Å². The lowest BCUT2D eigenvalue weighted by molar-refractivity contribution is -0.123. The maximum absolute atomic E-state index is 13.7. The zero-order valence-corrected chi connectivity index (χ0v) is 22.8. The monoisotopic (exact) mass is 555 g/mol. The van der Waals surface area contributed by atoms with Gasteiger partial charge in [0, 0.05) is 34.7 Å². The van der Waals surface area contributed by atoms with Gasteiger partial charge < -0.3 is 20.3 Å². The van der Waals surface area contributed by atoms with Gasteiger partial charge in [0.2, 0.25) is 5.91 Å². The molecule has 0 radical (unpaired) electrons. The molecule has 0 bridgehead atoms. The van der Waals surface area contributed by atoms with Crippen LogP contribution < -0.4 is 15.2 Å². The molecule has 3 N–H and O–H groups in total. The fourth-order valence-corrected chi connectivity index (χ4v) is 5.07. The SMILES string of the molecule is C[C@](O)(CCC(=O)c1cc(OC2CC2)c2ncccc2c1)c1cc2c(c(-c3ccc(F)cc3)n1)OC[C@]2(C)C(N)=O. The van der Waals surface area contributed by atoms with Crippen molar-refractivity contribution >= 4 is 22.6 Å². The average molecular weight is 556 g/mol. The van der Waals surface area contributed by atoms with Crippen molar-refractivity contribution in [2.75, 3.05) is 6.61 Å². The van der Waals surface area contributed by atoms with Gasteiger partial charge in [-0.2, -0.15) is 0 Å². The number of fused-ring (bicyclic) bond motifs is 2. The number of ketones is 1. The summed E-state index contributed by atoms with van der Waals surface area (Å²) >= 11 is 0. The first-order chi connectivity index (χ1) is 19.5. The van der Waals surface area contributed by atoms with Crippen molar-refractivity contribution in [3.05, 3.63) is 83.4 Å². The van der Waals surface area contributed by atoms with Gasteiger partial charge in [-0.1, -0.05) is 6.07 Å². The molecule has 1 amide bonds. The lowest BCUT2D eigenvalue weighted by Gasteiger charge is -2.26. The molecule has 2 aromatic heterocycles. The molecule has 2 aromatic carbocycles. The standard InChI is InChI=1S/C32H30FN3O5/c1-31(30(34)38)17-40-29-23(31)16-26(36-28(29)18-5-7-21(33)8-6-18)32(2,39)12-11-24(37)20-14-19-4-3-13-35-27(19)25(15-20)41-22-9-10-22/h3-8,13-16,22,39H,9-12,17H2,1-2H3,(H2,34,38)/t31-,32-/m0/s1. The topological polar surface area (TPSA) is 125 Å². The second kappa shape index (κ2) is 9.92. The van der Waals surface area contributed by atoms with Gasteiger partial charge in [0.1, 0.15) is 46.1 Å². The normalized spacial score (nSPS) is 19.3. The quantitative estimate of drug-likeness (QED) is 0.279. The molecule has 1 fully saturated rings. The fourth-order valence-electron chi connectivity index (χ4n) is 5.07. The van der Waals surface area contributed by atoms with Crippen molar-refractivity contribution in [2.45, 2.75) is 56.7 Å². The molecule has 8 nitrogen and oxygen atoms in total. The van der Waals surface area contributed by atoms with Crippen LogP contribution in [0.1, 0.15) is 61.1 Å². The summed E-state index contributed by atoms with van der Waals surface area (Å²) in [6, 6.07) is 14.5. The minimum absolute atomic E-state index is 0.0136. The highest BCUT2D eigenvalue weighted by Crippen LogP contribution is 2.46. The van der Waals surface area contributed by atoms with E-state index in [-0.39, 0.29) is 37.0 Å². The van der Waals surface area contributed by atoms with Gasteiger partial charge in [0.15, 0.2) is 5.78 Å². The number of carbonyl (C=O) groups is 2. The number of benzene rings is 2. The molecule has 6 rings (SSSR count). The van der Waals surface area contributed by atoms with Crippen LogP contribution >= 0.6 is 0 Å². The predicted octanol–water partition coefficient (Wildman–Crippen LogP) is 4.98. The van der Waals surface area contributed by atoms with Crippen LogP contribution in [0.3, 0.4) is 0 Å². The highest BCUT2D eigenvalue weighted by atomic mass is 19.1. The zero-order valence-electron chi connectivity index (χ0n) is 22.8. The molecule has 1 aliphatic heterocycles. The van der Waals surface area contributed by atoms with Crippen LogP contribution in [-0.4, -0.2) is 39.5 Å². The summed E-state index contributed by atoms with van der Waals surface area (Å²) in [7, 11) is 0. The van der Waals surface area contributed by atoms with E-state index in [9.17, 15) is 19.1 Å². The second-order valence-corrected chi connectivity index (χ2v) is 11.3. The molecule has 41 heavy (non-hydrogen) atoms.